The number of anilines is 2. The number of nitrogens with two attached hydrogens (primary N) is 1. The van der Waals surface area contributed by atoms with Crippen LogP contribution in [0.2, 0.25) is 0 Å². The zero-order valence-electron chi connectivity index (χ0n) is 15.2. The maximum absolute atomic E-state index is 13.0. The van der Waals surface area contributed by atoms with Gasteiger partial charge in [-0.05, 0) is 11.6 Å². The predicted octanol–water partition coefficient (Wildman–Crippen LogP) is 4.63. The Bertz CT molecular complexity index is 1220. The molecule has 0 amide bonds. The molecule has 3 N–H and O–H groups in total. The molecule has 0 bridgehead atoms. The molecule has 2 heterocycles. The number of fused-ring (bicyclic) bond motifs is 1. The summed E-state index contributed by atoms with van der Waals surface area (Å²) in [6, 6.07) is 17.4. The van der Waals surface area contributed by atoms with Crippen LogP contribution in [0.15, 0.2) is 66.9 Å². The molecular weight excluding hydrogens is 388 g/mol. The molecule has 2 aromatic heterocycles. The molecule has 0 aliphatic carbocycles. The Labute approximate surface area is 170 Å². The van der Waals surface area contributed by atoms with E-state index in [0.29, 0.717) is 27.3 Å². The lowest BCUT2D eigenvalue weighted by Gasteiger charge is -2.08. The van der Waals surface area contributed by atoms with Crippen LogP contribution in [0.4, 0.5) is 17.1 Å². The molecule has 144 valence electrons. The van der Waals surface area contributed by atoms with Crippen LogP contribution in [0, 0.1) is 10.1 Å². The fraction of sp³-hybridized carbons (Fsp3) is 0.0476. The minimum atomic E-state index is -0.530. The first-order valence-corrected chi connectivity index (χ1v) is 9.60. The zero-order chi connectivity index (χ0) is 20.4. The number of thiophene rings is 1. The highest BCUT2D eigenvalue weighted by atomic mass is 32.1. The second kappa shape index (κ2) is 7.69. The van der Waals surface area contributed by atoms with Gasteiger partial charge >= 0.3 is 0 Å². The van der Waals surface area contributed by atoms with Crippen molar-refractivity contribution in [2.75, 3.05) is 11.1 Å². The van der Waals surface area contributed by atoms with E-state index in [4.69, 9.17) is 5.73 Å². The first-order chi connectivity index (χ1) is 14.0. The summed E-state index contributed by atoms with van der Waals surface area (Å²) < 4.78 is 0. The second-order valence-electron chi connectivity index (χ2n) is 6.36. The SMILES string of the molecule is Nc1c(C(=O)c2cccc([N+](=O)[O-])c2)sc2nccc(NCc3ccccc3)c12. The lowest BCUT2D eigenvalue weighted by Crippen LogP contribution is -2.04. The summed E-state index contributed by atoms with van der Waals surface area (Å²) in [5.74, 6) is -0.358. The van der Waals surface area contributed by atoms with Crippen LogP contribution < -0.4 is 11.1 Å². The van der Waals surface area contributed by atoms with Crippen LogP contribution in [-0.2, 0) is 6.54 Å². The number of ketones is 1. The number of non-ortho nitro benzene ring substituents is 1. The van der Waals surface area contributed by atoms with Gasteiger partial charge < -0.3 is 11.1 Å². The molecule has 0 atom stereocenters. The van der Waals surface area contributed by atoms with Crippen LogP contribution in [0.1, 0.15) is 20.8 Å². The quantitative estimate of drug-likeness (QED) is 0.275. The minimum Gasteiger partial charge on any atom is -0.397 e. The number of nitrogens with one attached hydrogen (secondary N) is 1. The third kappa shape index (κ3) is 3.65. The number of nitrogens with zero attached hydrogens (tertiary/aromatic N) is 2. The van der Waals surface area contributed by atoms with Gasteiger partial charge in [-0.15, -0.1) is 11.3 Å². The van der Waals surface area contributed by atoms with Crippen molar-refractivity contribution in [2.45, 2.75) is 6.54 Å². The molecule has 0 radical (unpaired) electrons. The molecular formula is C21H16N4O3S. The first kappa shape index (κ1) is 18.6. The summed E-state index contributed by atoms with van der Waals surface area (Å²) in [7, 11) is 0. The fourth-order valence-corrected chi connectivity index (χ4v) is 4.10. The minimum absolute atomic E-state index is 0.140. The van der Waals surface area contributed by atoms with Gasteiger partial charge in [0.25, 0.3) is 5.69 Å². The molecule has 0 saturated heterocycles. The van der Waals surface area contributed by atoms with Crippen molar-refractivity contribution in [2.24, 2.45) is 0 Å². The Morgan fingerprint density at radius 1 is 1.14 bits per heavy atom. The van der Waals surface area contributed by atoms with E-state index in [0.717, 1.165) is 11.3 Å². The molecule has 0 aliphatic heterocycles. The number of rotatable bonds is 6. The standard InChI is InChI=1S/C21H16N4O3S/c22-18-17-16(24-12-13-5-2-1-3-6-13)9-10-23-21(17)29-20(18)19(26)14-7-4-8-15(11-14)25(27)28/h1-11H,12,22H2,(H,23,24). The number of nitrogen functional groups attached to an aromatic ring is 1. The summed E-state index contributed by atoms with van der Waals surface area (Å²) in [6.45, 7) is 0.601. The number of nitro benzene ring substituents is 1. The van der Waals surface area contributed by atoms with E-state index >= 15 is 0 Å². The maximum Gasteiger partial charge on any atom is 0.270 e. The normalized spacial score (nSPS) is 10.8. The average molecular weight is 404 g/mol. The molecule has 7 nitrogen and oxygen atoms in total. The van der Waals surface area contributed by atoms with Crippen LogP contribution in [0.5, 0.6) is 0 Å². The summed E-state index contributed by atoms with van der Waals surface area (Å²) in [5, 5.41) is 15.0. The number of nitro groups is 1. The number of benzene rings is 2. The summed E-state index contributed by atoms with van der Waals surface area (Å²) in [6.07, 6.45) is 1.66. The molecule has 4 rings (SSSR count). The number of carbonyl (C=O) groups excluding carboxylic acids is 1. The Morgan fingerprint density at radius 2 is 1.93 bits per heavy atom. The summed E-state index contributed by atoms with van der Waals surface area (Å²) >= 11 is 1.18. The van der Waals surface area contributed by atoms with E-state index < -0.39 is 4.92 Å². The van der Waals surface area contributed by atoms with Gasteiger partial charge in [0.05, 0.1) is 16.0 Å². The van der Waals surface area contributed by atoms with Crippen molar-refractivity contribution in [3.8, 4) is 0 Å². The van der Waals surface area contributed by atoms with Gasteiger partial charge in [-0.25, -0.2) is 4.98 Å². The molecule has 0 spiro atoms. The van der Waals surface area contributed by atoms with Crippen LogP contribution >= 0.6 is 11.3 Å². The average Bonchev–Trinajstić information content (AvgIpc) is 3.09. The summed E-state index contributed by atoms with van der Waals surface area (Å²) in [4.78, 5) is 28.7. The van der Waals surface area contributed by atoms with Crippen molar-refractivity contribution in [3.05, 3.63) is 93.0 Å². The monoisotopic (exact) mass is 404 g/mol. The Hall–Kier alpha value is -3.78. The Kier molecular flexibility index (Phi) is 4.92. The van der Waals surface area contributed by atoms with Gasteiger partial charge in [0, 0.05) is 36.1 Å². The fourth-order valence-electron chi connectivity index (χ4n) is 3.05. The van der Waals surface area contributed by atoms with Gasteiger partial charge in [-0.2, -0.15) is 0 Å². The van der Waals surface area contributed by atoms with E-state index in [1.54, 1.807) is 12.3 Å². The second-order valence-corrected chi connectivity index (χ2v) is 7.36. The smallest absolute Gasteiger partial charge is 0.270 e. The zero-order valence-corrected chi connectivity index (χ0v) is 16.0. The van der Waals surface area contributed by atoms with E-state index in [-0.39, 0.29) is 17.0 Å². The van der Waals surface area contributed by atoms with Gasteiger partial charge in [0.15, 0.2) is 0 Å². The molecule has 0 unspecified atom stereocenters. The number of carbonyl (C=O) groups is 1. The van der Waals surface area contributed by atoms with Gasteiger partial charge in [0.2, 0.25) is 5.78 Å². The highest BCUT2D eigenvalue weighted by Crippen LogP contribution is 2.38. The van der Waals surface area contributed by atoms with E-state index in [1.807, 2.05) is 36.4 Å². The molecule has 0 fully saturated rings. The van der Waals surface area contributed by atoms with Gasteiger partial charge in [-0.3, -0.25) is 14.9 Å². The molecule has 8 heteroatoms. The molecule has 29 heavy (non-hydrogen) atoms. The molecule has 2 aromatic carbocycles. The van der Waals surface area contributed by atoms with Crippen LogP contribution in [0.25, 0.3) is 10.2 Å². The molecule has 4 aromatic rings. The Morgan fingerprint density at radius 3 is 2.69 bits per heavy atom. The number of aromatic nitrogens is 1. The van der Waals surface area contributed by atoms with Gasteiger partial charge in [-0.1, -0.05) is 42.5 Å². The predicted molar refractivity (Wildman–Crippen MR) is 114 cm³/mol. The van der Waals surface area contributed by atoms with E-state index in [1.165, 1.54) is 29.5 Å². The van der Waals surface area contributed by atoms with Crippen LogP contribution in [0.3, 0.4) is 0 Å². The topological polar surface area (TPSA) is 111 Å². The van der Waals surface area contributed by atoms with Crippen LogP contribution in [-0.4, -0.2) is 15.7 Å². The van der Waals surface area contributed by atoms with Crippen molar-refractivity contribution in [1.82, 2.24) is 4.98 Å². The number of hydrogen-bond donors (Lipinski definition) is 2. The molecule has 0 saturated carbocycles. The van der Waals surface area contributed by atoms with E-state index in [2.05, 4.69) is 10.3 Å². The maximum atomic E-state index is 13.0. The lowest BCUT2D eigenvalue weighted by molar-refractivity contribution is -0.384. The highest BCUT2D eigenvalue weighted by molar-refractivity contribution is 7.21. The van der Waals surface area contributed by atoms with Gasteiger partial charge in [0.1, 0.15) is 9.71 Å². The van der Waals surface area contributed by atoms with Crippen molar-refractivity contribution >= 4 is 44.4 Å². The first-order valence-electron chi connectivity index (χ1n) is 8.78. The highest BCUT2D eigenvalue weighted by Gasteiger charge is 2.22. The lowest BCUT2D eigenvalue weighted by atomic mass is 10.1. The summed E-state index contributed by atoms with van der Waals surface area (Å²) in [5.41, 5.74) is 8.62. The number of hydrogen-bond acceptors (Lipinski definition) is 7. The van der Waals surface area contributed by atoms with Crippen molar-refractivity contribution in [3.63, 3.8) is 0 Å². The number of pyridine rings is 1. The van der Waals surface area contributed by atoms with E-state index in [9.17, 15) is 14.9 Å². The molecule has 0 aliphatic rings. The largest absolute Gasteiger partial charge is 0.397 e. The third-order valence-corrected chi connectivity index (χ3v) is 5.59. The van der Waals surface area contributed by atoms with Crippen molar-refractivity contribution < 1.29 is 9.72 Å². The third-order valence-electron chi connectivity index (χ3n) is 4.48. The van der Waals surface area contributed by atoms with Crippen molar-refractivity contribution in [1.29, 1.82) is 0 Å². The Balaban J connectivity index is 1.70.